The Morgan fingerprint density at radius 3 is 1.89 bits per heavy atom. The molecule has 5 aromatic rings. The van der Waals surface area contributed by atoms with E-state index in [2.05, 4.69) is 14.1 Å². The third-order valence-electron chi connectivity index (χ3n) is 8.56. The second-order valence-corrected chi connectivity index (χ2v) is 16.5. The molecule has 1 aromatic heterocycles. The van der Waals surface area contributed by atoms with Gasteiger partial charge in [0, 0.05) is 49.3 Å². The first-order chi connectivity index (χ1) is 27.1. The number of aryl methyl sites for hydroxylation is 2. The van der Waals surface area contributed by atoms with Gasteiger partial charge in [0.1, 0.15) is 0 Å². The Balaban J connectivity index is 1.41. The number of pyridine rings is 1. The smallest absolute Gasteiger partial charge is 0.311 e. The van der Waals surface area contributed by atoms with E-state index in [9.17, 15) is 58.2 Å². The predicted molar refractivity (Wildman–Crippen MR) is 191 cm³/mol. The molecule has 5 rings (SSSR count). The van der Waals surface area contributed by atoms with Gasteiger partial charge in [-0.2, -0.15) is 26.1 Å². The molecule has 1 amide bonds. The van der Waals surface area contributed by atoms with Gasteiger partial charge in [-0.15, -0.1) is 0 Å². The average molecular weight is 859 g/mol. The van der Waals surface area contributed by atoms with Gasteiger partial charge in [-0.25, -0.2) is 25.9 Å². The molecule has 0 atom stereocenters. The van der Waals surface area contributed by atoms with Crippen LogP contribution in [-0.4, -0.2) is 55.6 Å². The minimum Gasteiger partial charge on any atom is -0.691 e. The number of hydrogen-bond donors (Lipinski definition) is 1. The fourth-order valence-electron chi connectivity index (χ4n) is 6.00. The largest absolute Gasteiger partial charge is 0.691 e. The third kappa shape index (κ3) is 10.0. The van der Waals surface area contributed by atoms with Gasteiger partial charge in [-0.1, -0.05) is 36.4 Å². The summed E-state index contributed by atoms with van der Waals surface area (Å²) < 4.78 is 140. The van der Waals surface area contributed by atoms with E-state index in [0.717, 1.165) is 24.2 Å². The fourth-order valence-corrected chi connectivity index (χ4v) is 8.26. The van der Waals surface area contributed by atoms with Gasteiger partial charge in [0.2, 0.25) is 45.9 Å². The molecule has 1 N–H and O–H groups in total. The molecule has 0 radical (unpaired) electrons. The molecule has 0 bridgehead atoms. The number of hydrogen-bond acceptors (Lipinski definition) is 11. The minimum atomic E-state index is -4.73. The third-order valence-corrected chi connectivity index (χ3v) is 11.8. The standard InChI is InChI=1S/C36H31F5N2O11S3/c37-30-31(38)33(40)35(34(41)32(30)39)52-28(44)13-5-8-22-14-16-23(17-15-22)57(50,51)43(19-7-21-56(47,48)49)36(45)29-24-9-1-3-11-26(24)42(18-6-20-55-54-53-46)27-12-4-2-10-25(27)29/h1-4,9-12,14-17H,5-8,13,18-21H2,(H-,46,47,48,49). The lowest BCUT2D eigenvalue weighted by Crippen LogP contribution is -2.40. The molecule has 57 heavy (non-hydrogen) atoms. The normalized spacial score (nSPS) is 12.0. The van der Waals surface area contributed by atoms with E-state index in [4.69, 9.17) is 0 Å². The number of rotatable bonds is 18. The molecule has 0 unspecified atom stereocenters. The molecular weight excluding hydrogens is 828 g/mol. The number of nitrogens with zero attached hydrogens (tertiary/aromatic N) is 2. The Kier molecular flexibility index (Phi) is 14.2. The second kappa shape index (κ2) is 18.7. The van der Waals surface area contributed by atoms with Crippen LogP contribution in [0.4, 0.5) is 22.0 Å². The van der Waals surface area contributed by atoms with Gasteiger partial charge in [0.05, 0.1) is 27.0 Å². The van der Waals surface area contributed by atoms with Crippen molar-refractivity contribution < 1.29 is 76.9 Å². The van der Waals surface area contributed by atoms with E-state index in [-0.39, 0.29) is 23.3 Å². The molecule has 1 heterocycles. The molecule has 0 fully saturated rings. The van der Waals surface area contributed by atoms with Crippen LogP contribution in [0.1, 0.15) is 41.6 Å². The zero-order valence-corrected chi connectivity index (χ0v) is 31.8. The molecule has 13 nitrogen and oxygen atoms in total. The number of para-hydroxylation sites is 2. The second-order valence-electron chi connectivity index (χ2n) is 12.3. The van der Waals surface area contributed by atoms with Crippen LogP contribution in [0.15, 0.2) is 77.7 Å². The quantitative estimate of drug-likeness (QED) is 0.00982. The van der Waals surface area contributed by atoms with Crippen LogP contribution in [0.5, 0.6) is 5.75 Å². The number of carbonyl (C=O) groups is 2. The Bertz CT molecular complexity index is 2440. The number of fused-ring (bicyclic) bond motifs is 2. The topological polar surface area (TPSA) is 181 Å². The summed E-state index contributed by atoms with van der Waals surface area (Å²) in [5, 5.41) is 14.3. The van der Waals surface area contributed by atoms with Crippen LogP contribution in [0.25, 0.3) is 21.8 Å². The highest BCUT2D eigenvalue weighted by Crippen LogP contribution is 2.31. The summed E-state index contributed by atoms with van der Waals surface area (Å²) in [6, 6.07) is 18.5. The lowest BCUT2D eigenvalue weighted by molar-refractivity contribution is -0.777. The predicted octanol–water partition coefficient (Wildman–Crippen LogP) is 5.28. The zero-order chi connectivity index (χ0) is 41.5. The van der Waals surface area contributed by atoms with Crippen molar-refractivity contribution in [3.8, 4) is 5.75 Å². The lowest BCUT2D eigenvalue weighted by Gasteiger charge is -2.24. The molecule has 21 heteroatoms. The number of sulfonamides is 1. The molecule has 4 aromatic carbocycles. The van der Waals surface area contributed by atoms with Gasteiger partial charge in [-0.05, 0) is 49.1 Å². The maximum absolute atomic E-state index is 14.6. The van der Waals surface area contributed by atoms with E-state index in [0.29, 0.717) is 50.4 Å². The highest BCUT2D eigenvalue weighted by molar-refractivity contribution is 7.94. The van der Waals surface area contributed by atoms with Crippen molar-refractivity contribution in [3.05, 3.63) is 113 Å². The molecule has 0 aliphatic rings. The number of halogens is 5. The summed E-state index contributed by atoms with van der Waals surface area (Å²) in [4.78, 5) is 26.4. The number of aromatic nitrogens is 1. The Morgan fingerprint density at radius 2 is 1.33 bits per heavy atom. The van der Waals surface area contributed by atoms with Gasteiger partial charge < -0.3 is 9.99 Å². The minimum absolute atomic E-state index is 0.000253. The monoisotopic (exact) mass is 858 g/mol. The lowest BCUT2D eigenvalue weighted by atomic mass is 10.0. The number of benzene rings is 4. The van der Waals surface area contributed by atoms with E-state index in [1.54, 1.807) is 48.5 Å². The first-order valence-corrected chi connectivity index (χ1v) is 20.8. The summed E-state index contributed by atoms with van der Waals surface area (Å²) in [5.41, 5.74) is 1.56. The van der Waals surface area contributed by atoms with Crippen LogP contribution in [0, 0.1) is 29.1 Å². The van der Waals surface area contributed by atoms with Gasteiger partial charge in [-0.3, -0.25) is 19.2 Å². The van der Waals surface area contributed by atoms with Crippen LogP contribution in [-0.2, 0) is 47.3 Å². The Labute approximate surface area is 326 Å². The molecule has 0 saturated carbocycles. The molecule has 0 saturated heterocycles. The van der Waals surface area contributed by atoms with Gasteiger partial charge in [0.25, 0.3) is 26.0 Å². The first kappa shape index (κ1) is 43.4. The van der Waals surface area contributed by atoms with Crippen LogP contribution >= 0.6 is 12.0 Å². The van der Waals surface area contributed by atoms with Crippen LogP contribution in [0.3, 0.4) is 0 Å². The fraction of sp³-hybridized carbons (Fsp3) is 0.250. The summed E-state index contributed by atoms with van der Waals surface area (Å²) >= 11 is 0.805. The molecule has 304 valence electrons. The van der Waals surface area contributed by atoms with Crippen LogP contribution < -0.4 is 14.6 Å². The summed E-state index contributed by atoms with van der Waals surface area (Å²) in [6.45, 7) is -0.260. The number of amides is 1. The number of ether oxygens (including phenoxy) is 1. The van der Waals surface area contributed by atoms with Crippen LogP contribution in [0.2, 0.25) is 0 Å². The van der Waals surface area contributed by atoms with Crippen molar-refractivity contribution in [1.29, 1.82) is 0 Å². The zero-order valence-electron chi connectivity index (χ0n) is 29.3. The van der Waals surface area contributed by atoms with E-state index in [1.807, 2.05) is 4.57 Å². The van der Waals surface area contributed by atoms with E-state index < -0.39 is 92.0 Å². The van der Waals surface area contributed by atoms with Crippen molar-refractivity contribution in [1.82, 2.24) is 4.31 Å². The molecule has 0 spiro atoms. The van der Waals surface area contributed by atoms with E-state index >= 15 is 0 Å². The SMILES string of the molecule is O=C(CCCc1ccc(S(=O)(=O)N(CCCS(=O)(=O)O)C(=O)c2c3ccccc3[n+](CCCSOO[O-])c3ccccc23)cc1)Oc1c(F)c(F)c(F)c(F)c1F. The first-order valence-electron chi connectivity index (χ1n) is 16.8. The summed E-state index contributed by atoms with van der Waals surface area (Å²) in [6.07, 6.45) is -0.495. The van der Waals surface area contributed by atoms with E-state index in [1.165, 1.54) is 12.1 Å². The number of carbonyl (C=O) groups excluding carboxylic acids is 2. The average Bonchev–Trinajstić information content (AvgIpc) is 3.18. The Hall–Kier alpha value is -4.77. The molecule has 0 aliphatic heterocycles. The number of esters is 1. The summed E-state index contributed by atoms with van der Waals surface area (Å²) in [5.74, 6) is -16.1. The van der Waals surface area contributed by atoms with Gasteiger partial charge in [0.15, 0.2) is 6.54 Å². The van der Waals surface area contributed by atoms with Crippen molar-refractivity contribution in [2.75, 3.05) is 18.1 Å². The van der Waals surface area contributed by atoms with Crippen molar-refractivity contribution >= 4 is 65.9 Å². The Morgan fingerprint density at radius 1 is 0.772 bits per heavy atom. The highest BCUT2D eigenvalue weighted by atomic mass is 32.2. The van der Waals surface area contributed by atoms with Crippen molar-refractivity contribution in [2.45, 2.75) is 43.5 Å². The van der Waals surface area contributed by atoms with Gasteiger partial charge >= 0.3 is 5.97 Å². The maximum Gasteiger partial charge on any atom is 0.311 e. The highest BCUT2D eigenvalue weighted by Gasteiger charge is 2.35. The maximum atomic E-state index is 14.6. The molecule has 0 aliphatic carbocycles. The molecular formula is C36H31F5N2O11S3. The van der Waals surface area contributed by atoms with Crippen molar-refractivity contribution in [2.24, 2.45) is 0 Å². The summed E-state index contributed by atoms with van der Waals surface area (Å²) in [7, 11) is -9.28. The van der Waals surface area contributed by atoms with Crippen molar-refractivity contribution in [3.63, 3.8) is 0 Å².